The summed E-state index contributed by atoms with van der Waals surface area (Å²) in [5, 5.41) is 1.17. The molecule has 0 aliphatic heterocycles. The average molecular weight is 259 g/mol. The number of carbonyl (C=O) groups is 1. The molecule has 0 aliphatic carbocycles. The van der Waals surface area contributed by atoms with Gasteiger partial charge in [0, 0.05) is 37.1 Å². The number of hydrogen-bond acceptors (Lipinski definition) is 2. The van der Waals surface area contributed by atoms with Gasteiger partial charge in [0.05, 0.1) is 0 Å². The lowest BCUT2D eigenvalue weighted by atomic mass is 9.98. The van der Waals surface area contributed by atoms with Crippen LogP contribution in [0, 0.1) is 5.92 Å². The Balaban J connectivity index is 2.16. The lowest BCUT2D eigenvalue weighted by molar-refractivity contribution is -0.129. The molecule has 0 amide bonds. The summed E-state index contributed by atoms with van der Waals surface area (Å²) >= 11 is 0. The van der Waals surface area contributed by atoms with Gasteiger partial charge in [-0.25, -0.2) is 0 Å². The summed E-state index contributed by atoms with van der Waals surface area (Å²) in [5.74, 6) is 0.552. The number of ketones is 1. The first-order valence-electron chi connectivity index (χ1n) is 6.72. The van der Waals surface area contributed by atoms with E-state index in [2.05, 4.69) is 24.9 Å². The van der Waals surface area contributed by atoms with Crippen LogP contribution in [0.4, 0.5) is 0 Å². The lowest BCUT2D eigenvalue weighted by Crippen LogP contribution is -2.26. The van der Waals surface area contributed by atoms with Crippen LogP contribution in [0.15, 0.2) is 30.5 Å². The van der Waals surface area contributed by atoms with Crippen molar-refractivity contribution in [3.05, 3.63) is 36.0 Å². The third-order valence-corrected chi connectivity index (χ3v) is 3.33. The summed E-state index contributed by atoms with van der Waals surface area (Å²) in [5.41, 5.74) is 2.24. The summed E-state index contributed by atoms with van der Waals surface area (Å²) in [6.07, 6.45) is 2.83. The topological polar surface area (TPSA) is 42.1 Å². The van der Waals surface area contributed by atoms with Crippen LogP contribution in [-0.4, -0.2) is 24.0 Å². The Bertz CT molecular complexity index is 557. The molecule has 0 saturated carbocycles. The Morgan fingerprint density at radius 3 is 2.74 bits per heavy atom. The highest BCUT2D eigenvalue weighted by Crippen LogP contribution is 2.20. The van der Waals surface area contributed by atoms with E-state index >= 15 is 0 Å². The summed E-state index contributed by atoms with van der Waals surface area (Å²) in [4.78, 5) is 15.3. The summed E-state index contributed by atoms with van der Waals surface area (Å²) in [6.45, 7) is 4.10. The number of aromatic nitrogens is 1. The Morgan fingerprint density at radius 1 is 1.32 bits per heavy atom. The molecular formula is C16H21NO2. The normalized spacial score (nSPS) is 13.1. The molecule has 2 rings (SSSR count). The maximum absolute atomic E-state index is 12.1. The number of hydrogen-bond donors (Lipinski definition) is 1. The molecule has 3 nitrogen and oxygen atoms in total. The molecule has 0 spiro atoms. The van der Waals surface area contributed by atoms with Crippen molar-refractivity contribution in [2.45, 2.75) is 32.8 Å². The largest absolute Gasteiger partial charge is 0.373 e. The van der Waals surface area contributed by atoms with Crippen LogP contribution in [0.25, 0.3) is 10.9 Å². The van der Waals surface area contributed by atoms with Crippen molar-refractivity contribution in [2.75, 3.05) is 7.11 Å². The van der Waals surface area contributed by atoms with Gasteiger partial charge in [-0.05, 0) is 17.5 Å². The van der Waals surface area contributed by atoms with Gasteiger partial charge in [-0.3, -0.25) is 4.79 Å². The third kappa shape index (κ3) is 3.24. The molecule has 1 heterocycles. The minimum Gasteiger partial charge on any atom is -0.373 e. The van der Waals surface area contributed by atoms with Crippen molar-refractivity contribution in [2.24, 2.45) is 5.92 Å². The summed E-state index contributed by atoms with van der Waals surface area (Å²) < 4.78 is 5.37. The Labute approximate surface area is 114 Å². The van der Waals surface area contributed by atoms with Crippen molar-refractivity contribution >= 4 is 16.7 Å². The van der Waals surface area contributed by atoms with Gasteiger partial charge < -0.3 is 9.72 Å². The highest BCUT2D eigenvalue weighted by molar-refractivity contribution is 5.86. The molecular weight excluding hydrogens is 238 g/mol. The van der Waals surface area contributed by atoms with E-state index in [1.165, 1.54) is 5.39 Å². The minimum absolute atomic E-state index is 0.183. The molecule has 0 saturated heterocycles. The first-order valence-corrected chi connectivity index (χ1v) is 6.72. The number of carbonyl (C=O) groups excluding carboxylic acids is 1. The molecule has 0 radical (unpaired) electrons. The van der Waals surface area contributed by atoms with Crippen molar-refractivity contribution in [1.29, 1.82) is 0 Å². The zero-order valence-electron chi connectivity index (χ0n) is 11.8. The zero-order valence-corrected chi connectivity index (χ0v) is 11.8. The maximum atomic E-state index is 12.1. The van der Waals surface area contributed by atoms with Gasteiger partial charge in [0.25, 0.3) is 0 Å². The van der Waals surface area contributed by atoms with E-state index in [1.807, 2.05) is 24.4 Å². The first kappa shape index (κ1) is 13.8. The van der Waals surface area contributed by atoms with E-state index in [9.17, 15) is 4.79 Å². The summed E-state index contributed by atoms with van der Waals surface area (Å²) in [6, 6.07) is 8.12. The highest BCUT2D eigenvalue weighted by atomic mass is 16.5. The van der Waals surface area contributed by atoms with Gasteiger partial charge in [-0.2, -0.15) is 0 Å². The highest BCUT2D eigenvalue weighted by Gasteiger charge is 2.20. The number of rotatable bonds is 6. The number of fused-ring (bicyclic) bond motifs is 1. The SMILES string of the molecule is CO[C@H](Cc1c[nH]c2ccccc12)C(=O)CC(C)C. The van der Waals surface area contributed by atoms with Crippen LogP contribution in [0.1, 0.15) is 25.8 Å². The maximum Gasteiger partial charge on any atom is 0.162 e. The van der Waals surface area contributed by atoms with Crippen LogP contribution in [0.3, 0.4) is 0 Å². The van der Waals surface area contributed by atoms with Crippen LogP contribution < -0.4 is 0 Å². The molecule has 1 N–H and O–H groups in total. The Morgan fingerprint density at radius 2 is 2.05 bits per heavy atom. The molecule has 19 heavy (non-hydrogen) atoms. The van der Waals surface area contributed by atoms with E-state index < -0.39 is 0 Å². The number of benzene rings is 1. The third-order valence-electron chi connectivity index (χ3n) is 3.33. The van der Waals surface area contributed by atoms with Gasteiger partial charge in [-0.15, -0.1) is 0 Å². The average Bonchev–Trinajstić information content (AvgIpc) is 2.78. The number of H-pyrrole nitrogens is 1. The fourth-order valence-corrected chi connectivity index (χ4v) is 2.36. The van der Waals surface area contributed by atoms with E-state index in [4.69, 9.17) is 4.74 Å². The second-order valence-electron chi connectivity index (χ2n) is 5.35. The first-order chi connectivity index (χ1) is 9.11. The van der Waals surface area contributed by atoms with Gasteiger partial charge in [-0.1, -0.05) is 32.0 Å². The van der Waals surface area contributed by atoms with E-state index in [0.717, 1.165) is 11.1 Å². The zero-order chi connectivity index (χ0) is 13.8. The fourth-order valence-electron chi connectivity index (χ4n) is 2.36. The minimum atomic E-state index is -0.346. The second-order valence-corrected chi connectivity index (χ2v) is 5.35. The standard InChI is InChI=1S/C16H21NO2/c1-11(2)8-15(18)16(19-3)9-12-10-17-14-7-5-4-6-13(12)14/h4-7,10-11,16-17H,8-9H2,1-3H3/t16-/m1/s1. The molecule has 1 aromatic heterocycles. The van der Waals surface area contributed by atoms with E-state index in [1.54, 1.807) is 7.11 Å². The molecule has 3 heteroatoms. The van der Waals surface area contributed by atoms with Crippen LogP contribution in [-0.2, 0) is 16.0 Å². The van der Waals surface area contributed by atoms with Crippen molar-refractivity contribution in [1.82, 2.24) is 4.98 Å². The molecule has 1 aromatic carbocycles. The smallest absolute Gasteiger partial charge is 0.162 e. The van der Waals surface area contributed by atoms with Crippen LogP contribution >= 0.6 is 0 Å². The molecule has 0 unspecified atom stereocenters. The Hall–Kier alpha value is -1.61. The Kier molecular flexibility index (Phi) is 4.38. The van der Waals surface area contributed by atoms with Crippen molar-refractivity contribution < 1.29 is 9.53 Å². The second kappa shape index (κ2) is 6.02. The van der Waals surface area contributed by atoms with Gasteiger partial charge in [0.2, 0.25) is 0 Å². The number of aromatic amines is 1. The van der Waals surface area contributed by atoms with E-state index in [0.29, 0.717) is 18.8 Å². The number of nitrogens with one attached hydrogen (secondary N) is 1. The quantitative estimate of drug-likeness (QED) is 0.864. The number of methoxy groups -OCH3 is 1. The predicted octanol–water partition coefficient (Wildman–Crippen LogP) is 3.34. The molecule has 1 atom stereocenters. The van der Waals surface area contributed by atoms with Crippen molar-refractivity contribution in [3.8, 4) is 0 Å². The van der Waals surface area contributed by atoms with E-state index in [-0.39, 0.29) is 11.9 Å². The predicted molar refractivity (Wildman–Crippen MR) is 77.3 cm³/mol. The number of para-hydroxylation sites is 1. The van der Waals surface area contributed by atoms with Crippen molar-refractivity contribution in [3.63, 3.8) is 0 Å². The molecule has 0 fully saturated rings. The van der Waals surface area contributed by atoms with Gasteiger partial charge in [0.1, 0.15) is 6.10 Å². The number of Topliss-reactive ketones (excluding diaryl/α,β-unsaturated/α-hetero) is 1. The van der Waals surface area contributed by atoms with Crippen LogP contribution in [0.2, 0.25) is 0 Å². The lowest BCUT2D eigenvalue weighted by Gasteiger charge is -2.15. The molecule has 102 valence electrons. The fraction of sp³-hybridized carbons (Fsp3) is 0.438. The number of ether oxygens (including phenoxy) is 1. The van der Waals surface area contributed by atoms with Gasteiger partial charge >= 0.3 is 0 Å². The summed E-state index contributed by atoms with van der Waals surface area (Å²) in [7, 11) is 1.61. The molecule has 2 aromatic rings. The monoisotopic (exact) mass is 259 g/mol. The molecule has 0 bridgehead atoms. The van der Waals surface area contributed by atoms with Gasteiger partial charge in [0.15, 0.2) is 5.78 Å². The van der Waals surface area contributed by atoms with Crippen LogP contribution in [0.5, 0.6) is 0 Å². The molecule has 0 aliphatic rings.